The Morgan fingerprint density at radius 2 is 2.25 bits per heavy atom. The fourth-order valence-electron chi connectivity index (χ4n) is 2.12. The monoisotopic (exact) mass is 289 g/mol. The molecule has 0 aromatic carbocycles. The zero-order valence-electron chi connectivity index (χ0n) is 11.1. The van der Waals surface area contributed by atoms with Crippen LogP contribution in [-0.2, 0) is 13.1 Å². The molecule has 6 nitrogen and oxygen atoms in total. The smallest absolute Gasteiger partial charge is 0.271 e. The van der Waals surface area contributed by atoms with Crippen LogP contribution in [0.1, 0.15) is 12.0 Å². The van der Waals surface area contributed by atoms with Crippen molar-refractivity contribution in [2.75, 3.05) is 5.73 Å². The lowest BCUT2D eigenvalue weighted by Gasteiger charge is -2.05. The SMILES string of the molecule is Cc1csc2c(=O)n(CCCn3ccc(N)n3)cnc12. The van der Waals surface area contributed by atoms with E-state index >= 15 is 0 Å². The number of nitrogens with two attached hydrogens (primary N) is 1. The molecule has 20 heavy (non-hydrogen) atoms. The minimum Gasteiger partial charge on any atom is -0.382 e. The van der Waals surface area contributed by atoms with Gasteiger partial charge in [-0.15, -0.1) is 11.3 Å². The van der Waals surface area contributed by atoms with E-state index in [1.54, 1.807) is 21.6 Å². The van der Waals surface area contributed by atoms with Gasteiger partial charge in [-0.1, -0.05) is 0 Å². The number of aryl methyl sites for hydroxylation is 3. The summed E-state index contributed by atoms with van der Waals surface area (Å²) in [6.45, 7) is 3.32. The van der Waals surface area contributed by atoms with Crippen LogP contribution in [0.2, 0.25) is 0 Å². The molecule has 0 unspecified atom stereocenters. The fourth-order valence-corrected chi connectivity index (χ4v) is 3.07. The molecular weight excluding hydrogens is 274 g/mol. The van der Waals surface area contributed by atoms with Crippen molar-refractivity contribution in [1.82, 2.24) is 19.3 Å². The molecule has 0 aliphatic heterocycles. The molecule has 3 aromatic rings. The lowest BCUT2D eigenvalue weighted by atomic mass is 10.3. The number of anilines is 1. The molecule has 3 aromatic heterocycles. The van der Waals surface area contributed by atoms with Crippen LogP contribution in [-0.4, -0.2) is 19.3 Å². The number of hydrogen-bond donors (Lipinski definition) is 1. The zero-order valence-corrected chi connectivity index (χ0v) is 11.9. The molecule has 0 saturated heterocycles. The van der Waals surface area contributed by atoms with Gasteiger partial charge in [-0.05, 0) is 30.4 Å². The van der Waals surface area contributed by atoms with Crippen molar-refractivity contribution in [1.29, 1.82) is 0 Å². The maximum atomic E-state index is 12.3. The molecule has 3 rings (SSSR count). The minimum absolute atomic E-state index is 0.0353. The quantitative estimate of drug-likeness (QED) is 0.792. The lowest BCUT2D eigenvalue weighted by Crippen LogP contribution is -2.20. The summed E-state index contributed by atoms with van der Waals surface area (Å²) >= 11 is 1.46. The average molecular weight is 289 g/mol. The third-order valence-corrected chi connectivity index (χ3v) is 4.25. The maximum absolute atomic E-state index is 12.3. The molecule has 3 heterocycles. The Labute approximate surface area is 119 Å². The van der Waals surface area contributed by atoms with E-state index in [9.17, 15) is 4.79 Å². The van der Waals surface area contributed by atoms with Gasteiger partial charge >= 0.3 is 0 Å². The van der Waals surface area contributed by atoms with Gasteiger partial charge in [0.05, 0.1) is 11.8 Å². The number of hydrogen-bond acceptors (Lipinski definition) is 5. The second kappa shape index (κ2) is 5.09. The minimum atomic E-state index is 0.0353. The van der Waals surface area contributed by atoms with Crippen LogP contribution in [0.4, 0.5) is 5.82 Å². The molecule has 0 atom stereocenters. The standard InChI is InChI=1S/C13H15N5OS/c1-9-7-20-12-11(9)15-8-17(13(12)19)4-2-5-18-6-3-10(14)16-18/h3,6-8H,2,4-5H2,1H3,(H2,14,16). The molecule has 0 bridgehead atoms. The highest BCUT2D eigenvalue weighted by Gasteiger charge is 2.08. The van der Waals surface area contributed by atoms with Gasteiger partial charge in [0.25, 0.3) is 5.56 Å². The first kappa shape index (κ1) is 12.9. The van der Waals surface area contributed by atoms with Gasteiger partial charge in [-0.25, -0.2) is 4.98 Å². The van der Waals surface area contributed by atoms with Crippen molar-refractivity contribution in [3.63, 3.8) is 0 Å². The number of nitrogens with zero attached hydrogens (tertiary/aromatic N) is 4. The first-order valence-electron chi connectivity index (χ1n) is 6.37. The number of fused-ring (bicyclic) bond motifs is 1. The molecular formula is C13H15N5OS. The van der Waals surface area contributed by atoms with Crippen molar-refractivity contribution in [3.8, 4) is 0 Å². The Kier molecular flexibility index (Phi) is 3.27. The topological polar surface area (TPSA) is 78.7 Å². The molecule has 0 spiro atoms. The predicted octanol–water partition coefficient (Wildman–Crippen LogP) is 1.64. The van der Waals surface area contributed by atoms with Gasteiger partial charge in [-0.3, -0.25) is 14.0 Å². The number of thiophene rings is 1. The van der Waals surface area contributed by atoms with E-state index in [2.05, 4.69) is 10.1 Å². The first-order chi connectivity index (χ1) is 9.65. The Morgan fingerprint density at radius 3 is 3.00 bits per heavy atom. The van der Waals surface area contributed by atoms with Crippen molar-refractivity contribution >= 4 is 27.4 Å². The van der Waals surface area contributed by atoms with E-state index in [0.29, 0.717) is 12.4 Å². The summed E-state index contributed by atoms with van der Waals surface area (Å²) in [4.78, 5) is 16.6. The van der Waals surface area contributed by atoms with E-state index in [1.165, 1.54) is 11.3 Å². The second-order valence-electron chi connectivity index (χ2n) is 4.70. The molecule has 0 saturated carbocycles. The number of nitrogen functional groups attached to an aromatic ring is 1. The zero-order chi connectivity index (χ0) is 14.1. The molecule has 0 radical (unpaired) electrons. The summed E-state index contributed by atoms with van der Waals surface area (Å²) in [5.41, 5.74) is 7.46. The van der Waals surface area contributed by atoms with Gasteiger partial charge in [-0.2, -0.15) is 5.10 Å². The van der Waals surface area contributed by atoms with E-state index in [0.717, 1.165) is 28.7 Å². The van der Waals surface area contributed by atoms with Crippen LogP contribution in [0.3, 0.4) is 0 Å². The van der Waals surface area contributed by atoms with Gasteiger partial charge in [0.2, 0.25) is 0 Å². The molecule has 0 aliphatic carbocycles. The van der Waals surface area contributed by atoms with E-state index in [1.807, 2.05) is 18.5 Å². The summed E-state index contributed by atoms with van der Waals surface area (Å²) in [5.74, 6) is 0.513. The summed E-state index contributed by atoms with van der Waals surface area (Å²) in [7, 11) is 0. The normalized spacial score (nSPS) is 11.2. The summed E-state index contributed by atoms with van der Waals surface area (Å²) in [6, 6.07) is 1.76. The van der Waals surface area contributed by atoms with E-state index in [-0.39, 0.29) is 5.56 Å². The van der Waals surface area contributed by atoms with Crippen LogP contribution >= 0.6 is 11.3 Å². The van der Waals surface area contributed by atoms with Crippen LogP contribution < -0.4 is 11.3 Å². The van der Waals surface area contributed by atoms with Gasteiger partial charge in [0.1, 0.15) is 10.5 Å². The van der Waals surface area contributed by atoms with Crippen molar-refractivity contribution in [2.45, 2.75) is 26.4 Å². The highest BCUT2D eigenvalue weighted by atomic mass is 32.1. The molecule has 0 fully saturated rings. The van der Waals surface area contributed by atoms with Crippen molar-refractivity contribution in [3.05, 3.63) is 39.9 Å². The number of aromatic nitrogens is 4. The van der Waals surface area contributed by atoms with Gasteiger partial charge in [0, 0.05) is 19.3 Å². The summed E-state index contributed by atoms with van der Waals surface area (Å²) in [6.07, 6.45) is 4.27. The van der Waals surface area contributed by atoms with E-state index in [4.69, 9.17) is 5.73 Å². The maximum Gasteiger partial charge on any atom is 0.271 e. The van der Waals surface area contributed by atoms with Crippen LogP contribution in [0.25, 0.3) is 10.2 Å². The Morgan fingerprint density at radius 1 is 1.40 bits per heavy atom. The third kappa shape index (κ3) is 2.32. The fraction of sp³-hybridized carbons (Fsp3) is 0.308. The largest absolute Gasteiger partial charge is 0.382 e. The van der Waals surface area contributed by atoms with Crippen LogP contribution in [0.15, 0.2) is 28.8 Å². The van der Waals surface area contributed by atoms with Crippen LogP contribution in [0.5, 0.6) is 0 Å². The molecule has 0 aliphatic rings. The van der Waals surface area contributed by atoms with Crippen molar-refractivity contribution < 1.29 is 0 Å². The summed E-state index contributed by atoms with van der Waals surface area (Å²) in [5, 5.41) is 6.08. The van der Waals surface area contributed by atoms with Crippen LogP contribution in [0, 0.1) is 6.92 Å². The highest BCUT2D eigenvalue weighted by Crippen LogP contribution is 2.19. The van der Waals surface area contributed by atoms with Crippen molar-refractivity contribution in [2.24, 2.45) is 0 Å². The Balaban J connectivity index is 1.74. The lowest BCUT2D eigenvalue weighted by molar-refractivity contribution is 0.519. The third-order valence-electron chi connectivity index (χ3n) is 3.17. The molecule has 2 N–H and O–H groups in total. The van der Waals surface area contributed by atoms with E-state index < -0.39 is 0 Å². The average Bonchev–Trinajstić information content (AvgIpc) is 3.00. The van der Waals surface area contributed by atoms with Gasteiger partial charge < -0.3 is 5.73 Å². The molecule has 104 valence electrons. The second-order valence-corrected chi connectivity index (χ2v) is 5.58. The Hall–Kier alpha value is -2.15. The first-order valence-corrected chi connectivity index (χ1v) is 7.25. The summed E-state index contributed by atoms with van der Waals surface area (Å²) < 4.78 is 4.17. The predicted molar refractivity (Wildman–Crippen MR) is 79.9 cm³/mol. The number of rotatable bonds is 4. The highest BCUT2D eigenvalue weighted by molar-refractivity contribution is 7.17. The Bertz CT molecular complexity index is 801. The molecule has 0 amide bonds. The van der Waals surface area contributed by atoms with Gasteiger partial charge in [0.15, 0.2) is 0 Å². The molecule has 7 heteroatoms.